The molecule has 122 valence electrons. The van der Waals surface area contributed by atoms with Gasteiger partial charge in [-0.15, -0.1) is 0 Å². The van der Waals surface area contributed by atoms with E-state index in [1.54, 1.807) is 7.11 Å². The van der Waals surface area contributed by atoms with E-state index >= 15 is 0 Å². The lowest BCUT2D eigenvalue weighted by Crippen LogP contribution is -2.14. The number of anilines is 1. The smallest absolute Gasteiger partial charge is 0.226 e. The second-order valence-electron chi connectivity index (χ2n) is 4.68. The van der Waals surface area contributed by atoms with Crippen molar-refractivity contribution in [1.82, 2.24) is 4.98 Å². The highest BCUT2D eigenvalue weighted by atomic mass is 35.5. The van der Waals surface area contributed by atoms with E-state index < -0.39 is 0 Å². The van der Waals surface area contributed by atoms with Gasteiger partial charge < -0.3 is 14.8 Å². The van der Waals surface area contributed by atoms with Gasteiger partial charge in [0.05, 0.1) is 48.7 Å². The van der Waals surface area contributed by atoms with Crippen LogP contribution in [0.1, 0.15) is 12.0 Å². The number of nitrogens with one attached hydrogen (secondary N) is 1. The van der Waals surface area contributed by atoms with E-state index in [0.717, 1.165) is 11.3 Å². The Bertz CT molecular complexity index is 663. The summed E-state index contributed by atoms with van der Waals surface area (Å²) < 4.78 is 10.6. The number of halogens is 2. The molecule has 0 aliphatic heterocycles. The third-order valence-electron chi connectivity index (χ3n) is 3.01. The minimum Gasteiger partial charge on any atom is -0.497 e. The van der Waals surface area contributed by atoms with E-state index in [1.165, 1.54) is 12.4 Å². The molecule has 0 saturated heterocycles. The van der Waals surface area contributed by atoms with Crippen LogP contribution in [0.4, 0.5) is 5.69 Å². The number of methoxy groups -OCH3 is 1. The molecular weight excluding hydrogens is 339 g/mol. The summed E-state index contributed by atoms with van der Waals surface area (Å²) in [6, 6.07) is 7.55. The number of carbonyl (C=O) groups is 1. The van der Waals surface area contributed by atoms with E-state index in [-0.39, 0.29) is 17.4 Å². The molecule has 0 radical (unpaired) electrons. The molecule has 1 aromatic carbocycles. The topological polar surface area (TPSA) is 60.5 Å². The monoisotopic (exact) mass is 354 g/mol. The predicted octanol–water partition coefficient (Wildman–Crippen LogP) is 3.94. The normalized spacial score (nSPS) is 10.4. The largest absolute Gasteiger partial charge is 0.497 e. The fourth-order valence-electron chi connectivity index (χ4n) is 1.80. The minimum atomic E-state index is -0.217. The summed E-state index contributed by atoms with van der Waals surface area (Å²) in [7, 11) is 1.62. The Morgan fingerprint density at radius 1 is 1.22 bits per heavy atom. The number of benzene rings is 1. The van der Waals surface area contributed by atoms with Crippen LogP contribution in [0.15, 0.2) is 36.7 Å². The van der Waals surface area contributed by atoms with Crippen molar-refractivity contribution in [2.45, 2.75) is 13.0 Å². The van der Waals surface area contributed by atoms with Crippen LogP contribution in [0.3, 0.4) is 0 Å². The molecule has 2 rings (SSSR count). The van der Waals surface area contributed by atoms with Gasteiger partial charge >= 0.3 is 0 Å². The first-order valence-electron chi connectivity index (χ1n) is 6.89. The van der Waals surface area contributed by atoms with Crippen LogP contribution in [0.25, 0.3) is 0 Å². The Morgan fingerprint density at radius 3 is 2.65 bits per heavy atom. The molecule has 0 saturated carbocycles. The summed E-state index contributed by atoms with van der Waals surface area (Å²) >= 11 is 11.8. The van der Waals surface area contributed by atoms with Crippen molar-refractivity contribution in [3.63, 3.8) is 0 Å². The maximum Gasteiger partial charge on any atom is 0.226 e. The van der Waals surface area contributed by atoms with E-state index in [0.29, 0.717) is 23.9 Å². The Labute approximate surface area is 144 Å². The maximum absolute atomic E-state index is 11.8. The summed E-state index contributed by atoms with van der Waals surface area (Å²) in [4.78, 5) is 15.7. The summed E-state index contributed by atoms with van der Waals surface area (Å²) in [6.45, 7) is 0.722. The van der Waals surface area contributed by atoms with Crippen LogP contribution in [-0.2, 0) is 16.1 Å². The van der Waals surface area contributed by atoms with Crippen molar-refractivity contribution in [1.29, 1.82) is 0 Å². The number of nitrogens with zero attached hydrogens (tertiary/aromatic N) is 1. The first-order valence-corrected chi connectivity index (χ1v) is 7.65. The number of hydrogen-bond donors (Lipinski definition) is 1. The highest BCUT2D eigenvalue weighted by Crippen LogP contribution is 2.28. The second kappa shape index (κ2) is 8.72. The van der Waals surface area contributed by atoms with Gasteiger partial charge in [0.1, 0.15) is 5.75 Å². The molecular formula is C16H16Cl2N2O3. The van der Waals surface area contributed by atoms with Gasteiger partial charge in [0.15, 0.2) is 0 Å². The molecule has 1 N–H and O–H groups in total. The quantitative estimate of drug-likeness (QED) is 0.765. The molecule has 2 aromatic rings. The molecule has 7 heteroatoms. The molecule has 0 fully saturated rings. The molecule has 0 spiro atoms. The Morgan fingerprint density at radius 2 is 1.96 bits per heavy atom. The highest BCUT2D eigenvalue weighted by molar-refractivity contribution is 6.43. The van der Waals surface area contributed by atoms with Crippen molar-refractivity contribution in [2.75, 3.05) is 19.0 Å². The molecule has 1 aromatic heterocycles. The first-order chi connectivity index (χ1) is 11.1. The predicted molar refractivity (Wildman–Crippen MR) is 90.2 cm³/mol. The van der Waals surface area contributed by atoms with Crippen LogP contribution >= 0.6 is 23.2 Å². The second-order valence-corrected chi connectivity index (χ2v) is 5.47. The number of pyridine rings is 1. The number of ether oxygens (including phenoxy) is 2. The van der Waals surface area contributed by atoms with Gasteiger partial charge in [-0.05, 0) is 17.7 Å². The van der Waals surface area contributed by atoms with Crippen LogP contribution in [0.5, 0.6) is 5.75 Å². The fourth-order valence-corrected chi connectivity index (χ4v) is 2.10. The Balaban J connectivity index is 1.73. The van der Waals surface area contributed by atoms with Gasteiger partial charge in [-0.25, -0.2) is 0 Å². The van der Waals surface area contributed by atoms with Crippen molar-refractivity contribution in [3.05, 3.63) is 52.3 Å². The average Bonchev–Trinajstić information content (AvgIpc) is 2.56. The van der Waals surface area contributed by atoms with Gasteiger partial charge in [-0.2, -0.15) is 0 Å². The Kier molecular flexibility index (Phi) is 6.65. The fraction of sp³-hybridized carbons (Fsp3) is 0.250. The summed E-state index contributed by atoms with van der Waals surface area (Å²) in [5.74, 6) is 0.575. The van der Waals surface area contributed by atoms with Crippen LogP contribution in [0.2, 0.25) is 10.0 Å². The number of carbonyl (C=O) groups excluding carboxylic acids is 1. The van der Waals surface area contributed by atoms with Gasteiger partial charge in [-0.3, -0.25) is 9.78 Å². The van der Waals surface area contributed by atoms with Crippen molar-refractivity contribution in [3.8, 4) is 5.75 Å². The number of hydrogen-bond acceptors (Lipinski definition) is 4. The van der Waals surface area contributed by atoms with Crippen molar-refractivity contribution in [2.24, 2.45) is 0 Å². The van der Waals surface area contributed by atoms with Gasteiger partial charge in [-0.1, -0.05) is 35.3 Å². The molecule has 1 heterocycles. The standard InChI is InChI=1S/C16H16Cl2N2O3/c1-22-12-4-2-11(3-5-12)10-23-7-6-15(21)20-14-9-19-8-13(17)16(14)18/h2-5,8-9H,6-7,10H2,1H3,(H,20,21). The minimum absolute atomic E-state index is 0.207. The molecule has 0 aliphatic rings. The van der Waals surface area contributed by atoms with Gasteiger partial charge in [0.2, 0.25) is 5.91 Å². The number of amides is 1. The molecule has 0 atom stereocenters. The van der Waals surface area contributed by atoms with Crippen molar-refractivity contribution >= 4 is 34.8 Å². The summed E-state index contributed by atoms with van der Waals surface area (Å²) in [5.41, 5.74) is 1.40. The van der Waals surface area contributed by atoms with E-state index in [1.807, 2.05) is 24.3 Å². The van der Waals surface area contributed by atoms with Crippen LogP contribution in [0, 0.1) is 0 Å². The van der Waals surface area contributed by atoms with E-state index in [4.69, 9.17) is 32.7 Å². The number of aromatic nitrogens is 1. The van der Waals surface area contributed by atoms with E-state index in [9.17, 15) is 4.79 Å². The zero-order valence-corrected chi connectivity index (χ0v) is 14.0. The summed E-state index contributed by atoms with van der Waals surface area (Å²) in [5, 5.41) is 3.21. The lowest BCUT2D eigenvalue weighted by atomic mass is 10.2. The van der Waals surface area contributed by atoms with Gasteiger partial charge in [0, 0.05) is 6.20 Å². The third-order valence-corrected chi connectivity index (χ3v) is 3.80. The molecule has 0 bridgehead atoms. The molecule has 0 unspecified atom stereocenters. The summed E-state index contributed by atoms with van der Waals surface area (Å²) in [6.07, 6.45) is 3.07. The maximum atomic E-state index is 11.8. The van der Waals surface area contributed by atoms with Gasteiger partial charge in [0.25, 0.3) is 0 Å². The third kappa shape index (κ3) is 5.39. The average molecular weight is 355 g/mol. The Hall–Kier alpha value is -1.82. The zero-order valence-electron chi connectivity index (χ0n) is 12.5. The molecule has 1 amide bonds. The SMILES string of the molecule is COc1ccc(COCCC(=O)Nc2cncc(Cl)c2Cl)cc1. The lowest BCUT2D eigenvalue weighted by Gasteiger charge is -2.08. The van der Waals surface area contributed by atoms with Crippen molar-refractivity contribution < 1.29 is 14.3 Å². The van der Waals surface area contributed by atoms with E-state index in [2.05, 4.69) is 10.3 Å². The zero-order chi connectivity index (χ0) is 16.7. The number of rotatable bonds is 7. The lowest BCUT2D eigenvalue weighted by molar-refractivity contribution is -0.117. The van der Waals surface area contributed by atoms with Crippen LogP contribution in [-0.4, -0.2) is 24.6 Å². The molecule has 5 nitrogen and oxygen atoms in total. The van der Waals surface area contributed by atoms with Crippen LogP contribution < -0.4 is 10.1 Å². The molecule has 0 aliphatic carbocycles. The first kappa shape index (κ1) is 17.5. The molecule has 23 heavy (non-hydrogen) atoms. The highest BCUT2D eigenvalue weighted by Gasteiger charge is 2.09.